The lowest BCUT2D eigenvalue weighted by Gasteiger charge is -2.29. The van der Waals surface area contributed by atoms with Gasteiger partial charge in [-0.25, -0.2) is 17.7 Å². The molecule has 150 valence electrons. The highest BCUT2D eigenvalue weighted by molar-refractivity contribution is 7.88. The first-order valence-electron chi connectivity index (χ1n) is 9.31. The summed E-state index contributed by atoms with van der Waals surface area (Å²) < 4.78 is 24.7. The van der Waals surface area contributed by atoms with Gasteiger partial charge in [0.2, 0.25) is 21.9 Å². The number of aromatic nitrogens is 2. The van der Waals surface area contributed by atoms with E-state index in [9.17, 15) is 13.2 Å². The standard InChI is InChI=1S/C17H28N6O3S/c1-21(2)15-14(12-18-17(20-15)22-8-4-5-9-22)19-16(24)13-6-10-23(11-7-13)27(3,25)26/h12-13H,4-11H2,1-3H3,(H,19,24). The number of nitrogens with zero attached hydrogens (tertiary/aromatic N) is 5. The number of carbonyl (C=O) groups excluding carboxylic acids is 1. The van der Waals surface area contributed by atoms with Crippen molar-refractivity contribution in [1.29, 1.82) is 0 Å². The maximum Gasteiger partial charge on any atom is 0.227 e. The van der Waals surface area contributed by atoms with Gasteiger partial charge in [0.05, 0.1) is 12.5 Å². The van der Waals surface area contributed by atoms with Gasteiger partial charge in [-0.3, -0.25) is 4.79 Å². The molecule has 0 aliphatic carbocycles. The Morgan fingerprint density at radius 1 is 1.19 bits per heavy atom. The van der Waals surface area contributed by atoms with E-state index in [0.717, 1.165) is 25.9 Å². The lowest BCUT2D eigenvalue weighted by atomic mass is 9.97. The van der Waals surface area contributed by atoms with Crippen molar-refractivity contribution >= 4 is 33.4 Å². The summed E-state index contributed by atoms with van der Waals surface area (Å²) in [7, 11) is 0.576. The molecule has 2 saturated heterocycles. The number of hydrogen-bond acceptors (Lipinski definition) is 7. The first kappa shape index (κ1) is 19.8. The van der Waals surface area contributed by atoms with E-state index < -0.39 is 10.0 Å². The fourth-order valence-corrected chi connectivity index (χ4v) is 4.42. The Bertz CT molecular complexity index is 784. The zero-order chi connectivity index (χ0) is 19.6. The van der Waals surface area contributed by atoms with E-state index in [2.05, 4.69) is 20.2 Å². The van der Waals surface area contributed by atoms with Gasteiger partial charge in [-0.2, -0.15) is 4.98 Å². The Hall–Kier alpha value is -1.94. The van der Waals surface area contributed by atoms with Gasteiger partial charge in [0.1, 0.15) is 5.69 Å². The fraction of sp³-hybridized carbons (Fsp3) is 0.706. The quantitative estimate of drug-likeness (QED) is 0.784. The van der Waals surface area contributed by atoms with Crippen molar-refractivity contribution in [3.05, 3.63) is 6.20 Å². The second-order valence-electron chi connectivity index (χ2n) is 7.42. The van der Waals surface area contributed by atoms with Gasteiger partial charge in [-0.05, 0) is 25.7 Å². The highest BCUT2D eigenvalue weighted by Gasteiger charge is 2.29. The lowest BCUT2D eigenvalue weighted by molar-refractivity contribution is -0.120. The molecular weight excluding hydrogens is 368 g/mol. The monoisotopic (exact) mass is 396 g/mol. The number of nitrogens with one attached hydrogen (secondary N) is 1. The van der Waals surface area contributed by atoms with E-state index in [0.29, 0.717) is 43.4 Å². The molecule has 1 aromatic rings. The minimum atomic E-state index is -3.19. The molecule has 0 atom stereocenters. The predicted octanol–water partition coefficient (Wildman–Crippen LogP) is 0.753. The second kappa shape index (κ2) is 7.97. The molecule has 0 saturated carbocycles. The largest absolute Gasteiger partial charge is 0.361 e. The van der Waals surface area contributed by atoms with Crippen molar-refractivity contribution in [1.82, 2.24) is 14.3 Å². The van der Waals surface area contributed by atoms with E-state index in [4.69, 9.17) is 0 Å². The molecule has 2 aliphatic heterocycles. The van der Waals surface area contributed by atoms with Crippen LogP contribution in [-0.2, 0) is 14.8 Å². The van der Waals surface area contributed by atoms with Crippen LogP contribution in [0, 0.1) is 5.92 Å². The minimum Gasteiger partial charge on any atom is -0.361 e. The number of piperidine rings is 1. The van der Waals surface area contributed by atoms with Crippen LogP contribution in [0.1, 0.15) is 25.7 Å². The molecule has 0 aromatic carbocycles. The summed E-state index contributed by atoms with van der Waals surface area (Å²) in [6.07, 6.45) is 6.19. The highest BCUT2D eigenvalue weighted by Crippen LogP contribution is 2.27. The van der Waals surface area contributed by atoms with Crippen LogP contribution in [0.4, 0.5) is 17.5 Å². The van der Waals surface area contributed by atoms with Crippen LogP contribution in [0.3, 0.4) is 0 Å². The normalized spacial score (nSPS) is 19.3. The SMILES string of the molecule is CN(C)c1nc(N2CCCC2)ncc1NC(=O)C1CCN(S(C)(=O)=O)CC1. The molecule has 10 heteroatoms. The molecule has 2 fully saturated rings. The molecule has 9 nitrogen and oxygen atoms in total. The smallest absolute Gasteiger partial charge is 0.227 e. The Labute approximate surface area is 160 Å². The summed E-state index contributed by atoms with van der Waals surface area (Å²) in [6, 6.07) is 0. The first-order chi connectivity index (χ1) is 12.8. The molecule has 3 rings (SSSR count). The van der Waals surface area contributed by atoms with Gasteiger partial charge in [0.25, 0.3) is 0 Å². The van der Waals surface area contributed by atoms with Crippen LogP contribution in [-0.4, -0.2) is 75.1 Å². The number of amides is 1. The maximum absolute atomic E-state index is 12.7. The molecule has 1 N–H and O–H groups in total. The van der Waals surface area contributed by atoms with Gasteiger partial charge < -0.3 is 15.1 Å². The Balaban J connectivity index is 1.68. The molecule has 27 heavy (non-hydrogen) atoms. The third kappa shape index (κ3) is 4.67. The molecule has 0 spiro atoms. The van der Waals surface area contributed by atoms with Gasteiger partial charge in [0, 0.05) is 46.2 Å². The van der Waals surface area contributed by atoms with Crippen molar-refractivity contribution in [3.63, 3.8) is 0 Å². The number of hydrogen-bond donors (Lipinski definition) is 1. The third-order valence-electron chi connectivity index (χ3n) is 5.12. The van der Waals surface area contributed by atoms with Crippen molar-refractivity contribution in [2.24, 2.45) is 5.92 Å². The number of sulfonamides is 1. The summed E-state index contributed by atoms with van der Waals surface area (Å²) in [6.45, 7) is 2.67. The van der Waals surface area contributed by atoms with E-state index in [1.54, 1.807) is 6.20 Å². The lowest BCUT2D eigenvalue weighted by Crippen LogP contribution is -2.41. The van der Waals surface area contributed by atoms with E-state index in [1.165, 1.54) is 10.6 Å². The summed E-state index contributed by atoms with van der Waals surface area (Å²) >= 11 is 0. The van der Waals surface area contributed by atoms with Crippen LogP contribution < -0.4 is 15.1 Å². The average molecular weight is 397 g/mol. The zero-order valence-electron chi connectivity index (χ0n) is 16.2. The van der Waals surface area contributed by atoms with Crippen LogP contribution in [0.5, 0.6) is 0 Å². The van der Waals surface area contributed by atoms with Gasteiger partial charge in [-0.1, -0.05) is 0 Å². The van der Waals surface area contributed by atoms with Crippen molar-refractivity contribution in [2.75, 3.05) is 61.6 Å². The summed E-state index contributed by atoms with van der Waals surface area (Å²) in [5.74, 6) is 1.05. The van der Waals surface area contributed by atoms with Crippen LogP contribution in [0.15, 0.2) is 6.20 Å². The third-order valence-corrected chi connectivity index (χ3v) is 6.42. The maximum atomic E-state index is 12.7. The summed E-state index contributed by atoms with van der Waals surface area (Å²) in [5, 5.41) is 2.94. The van der Waals surface area contributed by atoms with Gasteiger partial charge in [-0.15, -0.1) is 0 Å². The predicted molar refractivity (Wildman–Crippen MR) is 106 cm³/mol. The van der Waals surface area contributed by atoms with Crippen LogP contribution >= 0.6 is 0 Å². The molecule has 0 unspecified atom stereocenters. The van der Waals surface area contributed by atoms with E-state index >= 15 is 0 Å². The van der Waals surface area contributed by atoms with Crippen LogP contribution in [0.2, 0.25) is 0 Å². The molecule has 1 amide bonds. The molecule has 0 bridgehead atoms. The first-order valence-corrected chi connectivity index (χ1v) is 11.2. The van der Waals surface area contributed by atoms with Crippen LogP contribution in [0.25, 0.3) is 0 Å². The van der Waals surface area contributed by atoms with Crippen molar-refractivity contribution in [2.45, 2.75) is 25.7 Å². The summed E-state index contributed by atoms with van der Waals surface area (Å²) in [4.78, 5) is 25.8. The Morgan fingerprint density at radius 3 is 2.37 bits per heavy atom. The number of rotatable bonds is 5. The van der Waals surface area contributed by atoms with E-state index in [-0.39, 0.29) is 11.8 Å². The topological polar surface area (TPSA) is 98.7 Å². The molecule has 3 heterocycles. The van der Waals surface area contributed by atoms with Crippen molar-refractivity contribution < 1.29 is 13.2 Å². The Morgan fingerprint density at radius 2 is 1.81 bits per heavy atom. The molecule has 2 aliphatic rings. The molecule has 1 aromatic heterocycles. The second-order valence-corrected chi connectivity index (χ2v) is 9.40. The molecule has 0 radical (unpaired) electrons. The highest BCUT2D eigenvalue weighted by atomic mass is 32.2. The van der Waals surface area contributed by atoms with Gasteiger partial charge >= 0.3 is 0 Å². The zero-order valence-corrected chi connectivity index (χ0v) is 17.0. The van der Waals surface area contributed by atoms with Crippen molar-refractivity contribution in [3.8, 4) is 0 Å². The number of carbonyl (C=O) groups is 1. The fourth-order valence-electron chi connectivity index (χ4n) is 3.55. The number of anilines is 3. The summed E-state index contributed by atoms with van der Waals surface area (Å²) in [5.41, 5.74) is 0.582. The Kier molecular flexibility index (Phi) is 5.85. The minimum absolute atomic E-state index is 0.108. The van der Waals surface area contributed by atoms with Gasteiger partial charge in [0.15, 0.2) is 5.82 Å². The molecular formula is C17H28N6O3S. The average Bonchev–Trinajstić information content (AvgIpc) is 3.16. The van der Waals surface area contributed by atoms with E-state index in [1.807, 2.05) is 19.0 Å².